The summed E-state index contributed by atoms with van der Waals surface area (Å²) in [5.74, 6) is 0.323. The molecule has 0 N–H and O–H groups in total. The minimum atomic E-state index is 0.129. The lowest BCUT2D eigenvalue weighted by Gasteiger charge is -2.01. The third-order valence-electron chi connectivity index (χ3n) is 2.23. The maximum Gasteiger partial charge on any atom is 0.158 e. The van der Waals surface area contributed by atoms with Gasteiger partial charge in [0, 0.05) is 18.3 Å². The third-order valence-corrected chi connectivity index (χ3v) is 2.23. The molecule has 0 spiro atoms. The highest BCUT2D eigenvalue weighted by molar-refractivity contribution is 5.91. The molecule has 1 aromatic rings. The van der Waals surface area contributed by atoms with Gasteiger partial charge in [0.25, 0.3) is 0 Å². The number of carbonyl (C=O) groups excluding carboxylic acids is 1. The Morgan fingerprint density at radius 2 is 2.43 bits per heavy atom. The number of rotatable bonds is 5. The number of hydrogen-bond acceptors (Lipinski definition) is 2. The van der Waals surface area contributed by atoms with E-state index in [-0.39, 0.29) is 11.7 Å². The van der Waals surface area contributed by atoms with E-state index in [1.54, 1.807) is 17.0 Å². The Morgan fingerprint density at radius 3 is 3.00 bits per heavy atom. The van der Waals surface area contributed by atoms with Gasteiger partial charge >= 0.3 is 0 Å². The Hall–Kier alpha value is -1.38. The molecule has 1 heterocycles. The predicted molar refractivity (Wildman–Crippen MR) is 55.8 cm³/mol. The summed E-state index contributed by atoms with van der Waals surface area (Å²) in [6.45, 7) is 4.62. The fourth-order valence-electron chi connectivity index (χ4n) is 1.05. The highest BCUT2D eigenvalue weighted by atomic mass is 16.1. The van der Waals surface area contributed by atoms with Crippen LogP contribution in [0.25, 0.3) is 0 Å². The summed E-state index contributed by atoms with van der Waals surface area (Å²) in [5, 5.41) is 4.03. The van der Waals surface area contributed by atoms with Crippen LogP contribution in [0.15, 0.2) is 30.6 Å². The molecule has 1 rings (SSSR count). The van der Waals surface area contributed by atoms with Crippen molar-refractivity contribution >= 4 is 5.78 Å². The average Bonchev–Trinajstić information content (AvgIpc) is 2.69. The molecule has 14 heavy (non-hydrogen) atoms. The van der Waals surface area contributed by atoms with Gasteiger partial charge in [-0.2, -0.15) is 5.10 Å². The van der Waals surface area contributed by atoms with Gasteiger partial charge < -0.3 is 0 Å². The lowest BCUT2D eigenvalue weighted by molar-refractivity contribution is -0.117. The standard InChI is InChI=1S/C11H16N2O/c1-3-10(2)11(14)6-4-8-13-9-5-7-12-13/h4-7,9-10H,3,8H2,1-2H3/b6-4+. The van der Waals surface area contributed by atoms with Crippen LogP contribution >= 0.6 is 0 Å². The molecule has 0 saturated heterocycles. The van der Waals surface area contributed by atoms with Crippen molar-refractivity contribution in [3.8, 4) is 0 Å². The van der Waals surface area contributed by atoms with Crippen LogP contribution in [0.3, 0.4) is 0 Å². The molecular formula is C11H16N2O. The van der Waals surface area contributed by atoms with E-state index in [0.29, 0.717) is 6.54 Å². The SMILES string of the molecule is CCC(C)C(=O)/C=C/Cn1cccn1. The smallest absolute Gasteiger partial charge is 0.158 e. The van der Waals surface area contributed by atoms with Gasteiger partial charge in [0.05, 0.1) is 6.54 Å². The van der Waals surface area contributed by atoms with E-state index in [1.807, 2.05) is 32.2 Å². The van der Waals surface area contributed by atoms with Crippen molar-refractivity contribution in [3.63, 3.8) is 0 Å². The molecule has 0 amide bonds. The molecule has 1 aromatic heterocycles. The highest BCUT2D eigenvalue weighted by Crippen LogP contribution is 2.02. The van der Waals surface area contributed by atoms with Crippen molar-refractivity contribution in [1.82, 2.24) is 9.78 Å². The zero-order chi connectivity index (χ0) is 10.4. The lowest BCUT2D eigenvalue weighted by atomic mass is 10.0. The molecule has 0 aliphatic carbocycles. The number of ketones is 1. The van der Waals surface area contributed by atoms with E-state index in [9.17, 15) is 4.79 Å². The minimum absolute atomic E-state index is 0.129. The third kappa shape index (κ3) is 3.17. The summed E-state index contributed by atoms with van der Waals surface area (Å²) in [6, 6.07) is 1.87. The Bertz CT molecular complexity index is 301. The fourth-order valence-corrected chi connectivity index (χ4v) is 1.05. The molecule has 0 saturated carbocycles. The van der Waals surface area contributed by atoms with Crippen molar-refractivity contribution in [3.05, 3.63) is 30.6 Å². The molecular weight excluding hydrogens is 176 g/mol. The Balaban J connectivity index is 2.37. The van der Waals surface area contributed by atoms with E-state index in [2.05, 4.69) is 5.10 Å². The Labute approximate surface area is 84.4 Å². The molecule has 3 nitrogen and oxygen atoms in total. The van der Waals surface area contributed by atoms with E-state index in [0.717, 1.165) is 6.42 Å². The molecule has 76 valence electrons. The van der Waals surface area contributed by atoms with Crippen LogP contribution in [0.5, 0.6) is 0 Å². The van der Waals surface area contributed by atoms with Crippen LogP contribution in [-0.4, -0.2) is 15.6 Å². The van der Waals surface area contributed by atoms with Gasteiger partial charge in [0.15, 0.2) is 5.78 Å². The summed E-state index contributed by atoms with van der Waals surface area (Å²) in [4.78, 5) is 11.4. The topological polar surface area (TPSA) is 34.9 Å². The van der Waals surface area contributed by atoms with Crippen molar-refractivity contribution in [2.45, 2.75) is 26.8 Å². The first kappa shape index (κ1) is 10.7. The van der Waals surface area contributed by atoms with E-state index >= 15 is 0 Å². The molecule has 0 radical (unpaired) electrons. The van der Waals surface area contributed by atoms with Gasteiger partial charge in [0.2, 0.25) is 0 Å². The summed E-state index contributed by atoms with van der Waals surface area (Å²) in [6.07, 6.45) is 7.99. The second-order valence-electron chi connectivity index (χ2n) is 3.34. The lowest BCUT2D eigenvalue weighted by Crippen LogP contribution is -2.06. The normalized spacial score (nSPS) is 13.3. The highest BCUT2D eigenvalue weighted by Gasteiger charge is 2.05. The minimum Gasteiger partial charge on any atom is -0.295 e. The van der Waals surface area contributed by atoms with Crippen LogP contribution < -0.4 is 0 Å². The van der Waals surface area contributed by atoms with Crippen molar-refractivity contribution in [1.29, 1.82) is 0 Å². The first-order valence-electron chi connectivity index (χ1n) is 4.92. The van der Waals surface area contributed by atoms with Crippen LogP contribution in [0.2, 0.25) is 0 Å². The molecule has 1 atom stereocenters. The Kier molecular flexibility index (Phi) is 4.11. The molecule has 1 unspecified atom stereocenters. The molecule has 0 aliphatic rings. The number of aromatic nitrogens is 2. The molecule has 0 bridgehead atoms. The van der Waals surface area contributed by atoms with Crippen molar-refractivity contribution in [2.24, 2.45) is 5.92 Å². The summed E-state index contributed by atoms with van der Waals surface area (Å²) in [5.41, 5.74) is 0. The number of allylic oxidation sites excluding steroid dienone is 2. The fraction of sp³-hybridized carbons (Fsp3) is 0.455. The largest absolute Gasteiger partial charge is 0.295 e. The van der Waals surface area contributed by atoms with Gasteiger partial charge in [0.1, 0.15) is 0 Å². The number of nitrogens with zero attached hydrogens (tertiary/aromatic N) is 2. The molecule has 0 aromatic carbocycles. The van der Waals surface area contributed by atoms with Gasteiger partial charge in [-0.1, -0.05) is 19.9 Å². The average molecular weight is 192 g/mol. The van der Waals surface area contributed by atoms with E-state index < -0.39 is 0 Å². The van der Waals surface area contributed by atoms with Crippen LogP contribution in [-0.2, 0) is 11.3 Å². The maximum absolute atomic E-state index is 11.4. The van der Waals surface area contributed by atoms with Gasteiger partial charge in [-0.05, 0) is 18.6 Å². The molecule has 0 fully saturated rings. The second-order valence-corrected chi connectivity index (χ2v) is 3.34. The van der Waals surface area contributed by atoms with Gasteiger partial charge in [-0.15, -0.1) is 0 Å². The summed E-state index contributed by atoms with van der Waals surface area (Å²) < 4.78 is 1.78. The monoisotopic (exact) mass is 192 g/mol. The van der Waals surface area contributed by atoms with Crippen LogP contribution in [0, 0.1) is 5.92 Å². The van der Waals surface area contributed by atoms with Gasteiger partial charge in [-0.3, -0.25) is 9.48 Å². The predicted octanol–water partition coefficient (Wildman–Crippen LogP) is 2.05. The van der Waals surface area contributed by atoms with Gasteiger partial charge in [-0.25, -0.2) is 0 Å². The molecule has 3 heteroatoms. The van der Waals surface area contributed by atoms with E-state index in [4.69, 9.17) is 0 Å². The van der Waals surface area contributed by atoms with E-state index in [1.165, 1.54) is 0 Å². The van der Waals surface area contributed by atoms with Crippen LogP contribution in [0.1, 0.15) is 20.3 Å². The van der Waals surface area contributed by atoms with Crippen molar-refractivity contribution < 1.29 is 4.79 Å². The number of hydrogen-bond donors (Lipinski definition) is 0. The maximum atomic E-state index is 11.4. The number of carbonyl (C=O) groups is 1. The second kappa shape index (κ2) is 5.37. The zero-order valence-electron chi connectivity index (χ0n) is 8.68. The van der Waals surface area contributed by atoms with Crippen molar-refractivity contribution in [2.75, 3.05) is 0 Å². The summed E-state index contributed by atoms with van der Waals surface area (Å²) >= 11 is 0. The van der Waals surface area contributed by atoms with Crippen LogP contribution in [0.4, 0.5) is 0 Å². The zero-order valence-corrected chi connectivity index (χ0v) is 8.68. The first-order chi connectivity index (χ1) is 6.74. The molecule has 0 aliphatic heterocycles. The quantitative estimate of drug-likeness (QED) is 0.669. The first-order valence-corrected chi connectivity index (χ1v) is 4.92. The Morgan fingerprint density at radius 1 is 1.64 bits per heavy atom. The summed E-state index contributed by atoms with van der Waals surface area (Å²) in [7, 11) is 0.